The lowest BCUT2D eigenvalue weighted by molar-refractivity contribution is -0.136. The summed E-state index contributed by atoms with van der Waals surface area (Å²) in [6.45, 7) is 0. The Morgan fingerprint density at radius 2 is 2.00 bits per heavy atom. The zero-order valence-corrected chi connectivity index (χ0v) is 12.9. The summed E-state index contributed by atoms with van der Waals surface area (Å²) in [7, 11) is 1.20. The van der Waals surface area contributed by atoms with E-state index in [2.05, 4.69) is 14.8 Å². The lowest BCUT2D eigenvalue weighted by Gasteiger charge is -2.10. The normalized spacial score (nSPS) is 10.6. The maximum atomic E-state index is 11.6. The molecule has 2 aromatic rings. The maximum Gasteiger partial charge on any atom is 0.340 e. The average Bonchev–Trinajstić information content (AvgIpc) is 2.57. The topological polar surface area (TPSA) is 84.3 Å². The van der Waals surface area contributed by atoms with Gasteiger partial charge in [0.25, 0.3) is 0 Å². The number of hydrogen-bond donors (Lipinski definition) is 0. The first-order valence-corrected chi connectivity index (χ1v) is 6.89. The summed E-state index contributed by atoms with van der Waals surface area (Å²) >= 11 is 6.00. The quantitative estimate of drug-likeness (QED) is 0.255. The monoisotopic (exact) mass is 329 g/mol. The van der Waals surface area contributed by atoms with Crippen molar-refractivity contribution in [2.24, 2.45) is 5.11 Å². The number of para-hydroxylation sites is 1. The zero-order valence-electron chi connectivity index (χ0n) is 12.1. The third-order valence-corrected chi connectivity index (χ3v) is 3.02. The van der Waals surface area contributed by atoms with Crippen LogP contribution in [0.4, 0.5) is 0 Å². The van der Waals surface area contributed by atoms with Gasteiger partial charge in [-0.2, -0.15) is 0 Å². The van der Waals surface area contributed by atoms with Crippen molar-refractivity contribution in [1.29, 1.82) is 0 Å². The molecule has 0 bridgehead atoms. The molecule has 0 aromatic heterocycles. The molecule has 7 heteroatoms. The number of ether oxygens (including phenoxy) is 2. The Balaban J connectivity index is 2.45. The fourth-order valence-corrected chi connectivity index (χ4v) is 1.92. The van der Waals surface area contributed by atoms with Crippen molar-refractivity contribution >= 4 is 23.6 Å². The van der Waals surface area contributed by atoms with E-state index in [4.69, 9.17) is 21.9 Å². The predicted octanol–water partition coefficient (Wildman–Crippen LogP) is 4.96. The van der Waals surface area contributed by atoms with Gasteiger partial charge in [0.2, 0.25) is 0 Å². The highest BCUT2D eigenvalue weighted by molar-refractivity contribution is 6.30. The Morgan fingerprint density at radius 1 is 1.26 bits per heavy atom. The highest BCUT2D eigenvalue weighted by atomic mass is 35.5. The molecule has 0 heterocycles. The number of halogens is 1. The van der Waals surface area contributed by atoms with Gasteiger partial charge in [-0.05, 0) is 35.9 Å². The third-order valence-electron chi connectivity index (χ3n) is 2.79. The lowest BCUT2D eigenvalue weighted by atomic mass is 10.1. The first-order chi connectivity index (χ1) is 11.1. The second-order valence-electron chi connectivity index (χ2n) is 4.31. The number of carbonyl (C=O) groups excluding carboxylic acids is 1. The van der Waals surface area contributed by atoms with Gasteiger partial charge in [0, 0.05) is 21.6 Å². The molecule has 2 rings (SSSR count). The molecule has 0 saturated heterocycles. The largest absolute Gasteiger partial charge is 0.466 e. The van der Waals surface area contributed by atoms with Crippen molar-refractivity contribution < 1.29 is 14.3 Å². The Labute approximate surface area is 137 Å². The van der Waals surface area contributed by atoms with E-state index in [0.717, 1.165) is 0 Å². The Kier molecular flexibility index (Phi) is 5.63. The molecule has 0 aliphatic heterocycles. The summed E-state index contributed by atoms with van der Waals surface area (Å²) in [5, 5.41) is 3.81. The summed E-state index contributed by atoms with van der Waals surface area (Å²) in [4.78, 5) is 14.2. The van der Waals surface area contributed by atoms with Crippen LogP contribution >= 0.6 is 11.6 Å². The number of azide groups is 1. The third kappa shape index (κ3) is 4.51. The molecule has 0 aliphatic carbocycles. The minimum atomic E-state index is -0.747. The number of esters is 1. The van der Waals surface area contributed by atoms with Crippen LogP contribution in [0.25, 0.3) is 16.5 Å². The molecule has 0 unspecified atom stereocenters. The molecule has 0 amide bonds. The van der Waals surface area contributed by atoms with Crippen LogP contribution in [-0.2, 0) is 9.53 Å². The molecular weight excluding hydrogens is 318 g/mol. The van der Waals surface area contributed by atoms with Crippen LogP contribution in [0.1, 0.15) is 5.56 Å². The van der Waals surface area contributed by atoms with Gasteiger partial charge in [0.05, 0.1) is 7.11 Å². The van der Waals surface area contributed by atoms with E-state index in [1.165, 1.54) is 13.2 Å². The van der Waals surface area contributed by atoms with Gasteiger partial charge in [-0.1, -0.05) is 34.9 Å². The van der Waals surface area contributed by atoms with E-state index in [9.17, 15) is 4.79 Å². The number of methoxy groups -OCH3 is 1. The van der Waals surface area contributed by atoms with Crippen molar-refractivity contribution in [2.75, 3.05) is 7.11 Å². The Bertz CT molecular complexity index is 784. The van der Waals surface area contributed by atoms with Crippen molar-refractivity contribution in [1.82, 2.24) is 0 Å². The second kappa shape index (κ2) is 7.89. The molecule has 0 spiro atoms. The summed E-state index contributed by atoms with van der Waals surface area (Å²) in [6, 6.07) is 14.0. The highest BCUT2D eigenvalue weighted by Crippen LogP contribution is 2.30. The molecule has 0 saturated carbocycles. The number of hydrogen-bond acceptors (Lipinski definition) is 4. The van der Waals surface area contributed by atoms with Gasteiger partial charge >= 0.3 is 5.97 Å². The average molecular weight is 330 g/mol. The van der Waals surface area contributed by atoms with Crippen LogP contribution < -0.4 is 4.74 Å². The van der Waals surface area contributed by atoms with E-state index in [-0.39, 0.29) is 5.70 Å². The van der Waals surface area contributed by atoms with Crippen molar-refractivity contribution in [3.8, 4) is 11.5 Å². The Morgan fingerprint density at radius 3 is 2.65 bits per heavy atom. The second-order valence-corrected chi connectivity index (χ2v) is 4.74. The summed E-state index contributed by atoms with van der Waals surface area (Å²) < 4.78 is 10.3. The standard InChI is InChI=1S/C16H12ClN3O3/c1-22-16(21)14(19-20-18)9-11-7-8-12(17)10-15(11)23-13-5-3-2-4-6-13/h2-10H,1H3/b14-9+. The minimum absolute atomic E-state index is 0.185. The first-order valence-electron chi connectivity index (χ1n) is 6.51. The number of carbonyl (C=O) groups is 1. The SMILES string of the molecule is COC(=O)/C(=C\c1ccc(Cl)cc1Oc1ccccc1)N=[N+]=[N-]. The fraction of sp³-hybridized carbons (Fsp3) is 0.0625. The van der Waals surface area contributed by atoms with Gasteiger partial charge < -0.3 is 9.47 Å². The first kappa shape index (κ1) is 16.4. The van der Waals surface area contributed by atoms with Crippen LogP contribution in [-0.4, -0.2) is 13.1 Å². The van der Waals surface area contributed by atoms with Crippen molar-refractivity contribution in [3.63, 3.8) is 0 Å². The molecule has 0 N–H and O–H groups in total. The molecule has 2 aromatic carbocycles. The van der Waals surface area contributed by atoms with E-state index in [1.807, 2.05) is 18.2 Å². The van der Waals surface area contributed by atoms with Crippen LogP contribution in [0.3, 0.4) is 0 Å². The molecule has 0 fully saturated rings. The van der Waals surface area contributed by atoms with Gasteiger partial charge in [0.15, 0.2) is 0 Å². The summed E-state index contributed by atoms with van der Waals surface area (Å²) in [5.74, 6) is 0.273. The van der Waals surface area contributed by atoms with Crippen LogP contribution in [0.15, 0.2) is 59.3 Å². The maximum absolute atomic E-state index is 11.6. The van der Waals surface area contributed by atoms with E-state index in [1.54, 1.807) is 30.3 Å². The minimum Gasteiger partial charge on any atom is -0.466 e. The molecular formula is C16H12ClN3O3. The van der Waals surface area contributed by atoms with Crippen LogP contribution in [0, 0.1) is 0 Å². The van der Waals surface area contributed by atoms with E-state index < -0.39 is 5.97 Å². The number of benzene rings is 2. The van der Waals surface area contributed by atoms with Crippen LogP contribution in [0.2, 0.25) is 5.02 Å². The van der Waals surface area contributed by atoms with Gasteiger partial charge in [-0.15, -0.1) is 0 Å². The number of nitrogens with zero attached hydrogens (tertiary/aromatic N) is 3. The van der Waals surface area contributed by atoms with E-state index >= 15 is 0 Å². The lowest BCUT2D eigenvalue weighted by Crippen LogP contribution is -2.02. The molecule has 0 aliphatic rings. The van der Waals surface area contributed by atoms with Crippen molar-refractivity contribution in [2.45, 2.75) is 0 Å². The molecule has 23 heavy (non-hydrogen) atoms. The van der Waals surface area contributed by atoms with Crippen molar-refractivity contribution in [3.05, 3.63) is 75.3 Å². The molecule has 0 atom stereocenters. The van der Waals surface area contributed by atoms with Gasteiger partial charge in [-0.3, -0.25) is 0 Å². The smallest absolute Gasteiger partial charge is 0.340 e. The summed E-state index contributed by atoms with van der Waals surface area (Å²) in [5.41, 5.74) is 8.90. The Hall–Kier alpha value is -2.95. The highest BCUT2D eigenvalue weighted by Gasteiger charge is 2.11. The predicted molar refractivity (Wildman–Crippen MR) is 87.1 cm³/mol. The molecule has 6 nitrogen and oxygen atoms in total. The van der Waals surface area contributed by atoms with Gasteiger partial charge in [0.1, 0.15) is 17.2 Å². The summed E-state index contributed by atoms with van der Waals surface area (Å²) in [6.07, 6.45) is 1.38. The fourth-order valence-electron chi connectivity index (χ4n) is 1.76. The molecule has 0 radical (unpaired) electrons. The van der Waals surface area contributed by atoms with Gasteiger partial charge in [-0.25, -0.2) is 4.79 Å². The zero-order chi connectivity index (χ0) is 16.7. The molecule has 116 valence electrons. The number of rotatable bonds is 5. The van der Waals surface area contributed by atoms with E-state index in [0.29, 0.717) is 22.1 Å². The van der Waals surface area contributed by atoms with Crippen LogP contribution in [0.5, 0.6) is 11.5 Å².